The molecule has 1 aliphatic carbocycles. The molecule has 0 saturated heterocycles. The average molecular weight is 261 g/mol. The molecule has 0 saturated carbocycles. The van der Waals surface area contributed by atoms with Crippen molar-refractivity contribution in [1.82, 2.24) is 14.8 Å². The van der Waals surface area contributed by atoms with E-state index in [4.69, 9.17) is 11.6 Å². The van der Waals surface area contributed by atoms with Crippen molar-refractivity contribution in [3.63, 3.8) is 0 Å². The predicted octanol–water partition coefficient (Wildman–Crippen LogP) is 2.66. The molecule has 0 aromatic carbocycles. The van der Waals surface area contributed by atoms with Gasteiger partial charge < -0.3 is 5.32 Å². The summed E-state index contributed by atoms with van der Waals surface area (Å²) in [6.07, 6.45) is 6.56. The third kappa shape index (κ3) is 1.61. The maximum atomic E-state index is 6.25. The monoisotopic (exact) mass is 260 g/mol. The molecule has 5 heteroatoms. The maximum Gasteiger partial charge on any atom is 0.0959 e. The highest BCUT2D eigenvalue weighted by atomic mass is 35.5. The lowest BCUT2D eigenvalue weighted by Gasteiger charge is -2.12. The number of halogens is 1. The van der Waals surface area contributed by atoms with E-state index in [1.54, 1.807) is 4.68 Å². The van der Waals surface area contributed by atoms with Crippen molar-refractivity contribution < 1.29 is 0 Å². The summed E-state index contributed by atoms with van der Waals surface area (Å²) in [6.45, 7) is 0. The number of anilines is 1. The number of fused-ring (bicyclic) bond motifs is 1. The number of aromatic nitrogens is 3. The Labute approximate surface area is 110 Å². The van der Waals surface area contributed by atoms with E-state index >= 15 is 0 Å². The van der Waals surface area contributed by atoms with Gasteiger partial charge in [0.1, 0.15) is 0 Å². The van der Waals surface area contributed by atoms with Gasteiger partial charge in [-0.3, -0.25) is 9.67 Å². The lowest BCUT2D eigenvalue weighted by molar-refractivity contribution is 0.771. The molecule has 2 aromatic rings. The van der Waals surface area contributed by atoms with E-state index < -0.39 is 0 Å². The zero-order valence-electron chi connectivity index (χ0n) is 10.2. The van der Waals surface area contributed by atoms with Gasteiger partial charge in [0.2, 0.25) is 0 Å². The van der Waals surface area contributed by atoms with E-state index in [-0.39, 0.29) is 0 Å². The molecule has 0 fully saturated rings. The first-order chi connectivity index (χ1) is 8.70. The van der Waals surface area contributed by atoms with Gasteiger partial charge in [0.15, 0.2) is 0 Å². The number of nitrogens with zero attached hydrogens (tertiary/aromatic N) is 3. The zero-order valence-corrected chi connectivity index (χ0v) is 11.0. The quantitative estimate of drug-likeness (QED) is 0.903. The summed E-state index contributed by atoms with van der Waals surface area (Å²) in [6, 6.07) is 1.97. The lowest BCUT2D eigenvalue weighted by Crippen LogP contribution is -2.01. The maximum absolute atomic E-state index is 6.25. The van der Waals surface area contributed by atoms with Gasteiger partial charge >= 0.3 is 0 Å². The lowest BCUT2D eigenvalue weighted by atomic mass is 10.1. The van der Waals surface area contributed by atoms with Crippen molar-refractivity contribution in [3.8, 4) is 11.3 Å². The molecule has 0 bridgehead atoms. The fourth-order valence-corrected chi connectivity index (χ4v) is 2.54. The third-order valence-corrected chi connectivity index (χ3v) is 3.45. The van der Waals surface area contributed by atoms with Crippen molar-refractivity contribution in [2.45, 2.75) is 6.42 Å². The molecular formula is C13H13ClN4. The van der Waals surface area contributed by atoms with Gasteiger partial charge in [0.05, 0.1) is 17.1 Å². The van der Waals surface area contributed by atoms with E-state index in [0.717, 1.165) is 39.7 Å². The minimum atomic E-state index is 0.764. The molecular weight excluding hydrogens is 248 g/mol. The second-order valence-corrected chi connectivity index (χ2v) is 4.66. The van der Waals surface area contributed by atoms with Crippen molar-refractivity contribution >= 4 is 22.3 Å². The van der Waals surface area contributed by atoms with E-state index in [9.17, 15) is 0 Å². The summed E-state index contributed by atoms with van der Waals surface area (Å²) in [5, 5.41) is 8.40. The SMILES string of the molecule is CNc1c(-c2ccn(C)n2)cnc2c1C(Cl)=CC2. The molecule has 1 aliphatic rings. The van der Waals surface area contributed by atoms with Crippen molar-refractivity contribution in [2.24, 2.45) is 7.05 Å². The highest BCUT2D eigenvalue weighted by molar-refractivity contribution is 6.50. The largest absolute Gasteiger partial charge is 0.387 e. The van der Waals surface area contributed by atoms with Gasteiger partial charge in [-0.2, -0.15) is 5.10 Å². The Balaban J connectivity index is 2.23. The Morgan fingerprint density at radius 2 is 2.28 bits per heavy atom. The molecule has 18 heavy (non-hydrogen) atoms. The number of allylic oxidation sites excluding steroid dienone is 1. The Bertz CT molecular complexity index is 642. The number of hydrogen-bond acceptors (Lipinski definition) is 3. The molecule has 0 unspecified atom stereocenters. The fraction of sp³-hybridized carbons (Fsp3) is 0.231. The normalized spacial score (nSPS) is 13.4. The van der Waals surface area contributed by atoms with Crippen LogP contribution >= 0.6 is 11.6 Å². The van der Waals surface area contributed by atoms with Gasteiger partial charge in [0, 0.05) is 49.1 Å². The first-order valence-corrected chi connectivity index (χ1v) is 6.14. The standard InChI is InChI=1S/C13H13ClN4/c1-15-13-8(10-5-6-18(2)17-10)7-16-11-4-3-9(14)12(11)13/h3,5-7H,4H2,1-2H3,(H,15,16). The van der Waals surface area contributed by atoms with Crippen LogP contribution in [0.15, 0.2) is 24.5 Å². The summed E-state index contributed by atoms with van der Waals surface area (Å²) in [5.74, 6) is 0. The molecule has 0 aliphatic heterocycles. The Kier molecular flexibility index (Phi) is 2.59. The summed E-state index contributed by atoms with van der Waals surface area (Å²) >= 11 is 6.25. The summed E-state index contributed by atoms with van der Waals surface area (Å²) in [7, 11) is 3.79. The second kappa shape index (κ2) is 4.14. The van der Waals surface area contributed by atoms with Crippen LogP contribution in [0.1, 0.15) is 11.3 Å². The van der Waals surface area contributed by atoms with Crippen LogP contribution in [0.25, 0.3) is 16.3 Å². The first-order valence-electron chi connectivity index (χ1n) is 5.76. The van der Waals surface area contributed by atoms with Gasteiger partial charge in [-0.25, -0.2) is 0 Å². The van der Waals surface area contributed by atoms with Crippen LogP contribution in [0, 0.1) is 0 Å². The molecule has 2 heterocycles. The Morgan fingerprint density at radius 3 is 2.94 bits per heavy atom. The van der Waals surface area contributed by atoms with E-state index in [0.29, 0.717) is 0 Å². The van der Waals surface area contributed by atoms with E-state index in [1.807, 2.05) is 38.6 Å². The molecule has 0 spiro atoms. The highest BCUT2D eigenvalue weighted by Crippen LogP contribution is 2.39. The van der Waals surface area contributed by atoms with E-state index in [2.05, 4.69) is 15.4 Å². The number of pyridine rings is 1. The van der Waals surface area contributed by atoms with Crippen LogP contribution in [0.3, 0.4) is 0 Å². The van der Waals surface area contributed by atoms with Gasteiger partial charge in [-0.1, -0.05) is 17.7 Å². The third-order valence-electron chi connectivity index (χ3n) is 3.11. The van der Waals surface area contributed by atoms with Gasteiger partial charge in [-0.05, 0) is 6.07 Å². The summed E-state index contributed by atoms with van der Waals surface area (Å²) in [4.78, 5) is 4.48. The van der Waals surface area contributed by atoms with Gasteiger partial charge in [-0.15, -0.1) is 0 Å². The van der Waals surface area contributed by atoms with Crippen LogP contribution in [-0.2, 0) is 13.5 Å². The van der Waals surface area contributed by atoms with E-state index in [1.165, 1.54) is 0 Å². The van der Waals surface area contributed by atoms with Crippen molar-refractivity contribution in [2.75, 3.05) is 12.4 Å². The molecule has 4 nitrogen and oxygen atoms in total. The topological polar surface area (TPSA) is 42.7 Å². The van der Waals surface area contributed by atoms with Crippen molar-refractivity contribution in [3.05, 3.63) is 35.8 Å². The Hall–Kier alpha value is -1.81. The fourth-order valence-electron chi connectivity index (χ4n) is 2.26. The van der Waals surface area contributed by atoms with Crippen molar-refractivity contribution in [1.29, 1.82) is 0 Å². The van der Waals surface area contributed by atoms with Crippen LogP contribution in [0.5, 0.6) is 0 Å². The molecule has 2 aromatic heterocycles. The average Bonchev–Trinajstić information content (AvgIpc) is 2.95. The van der Waals surface area contributed by atoms with Crippen LogP contribution in [0.4, 0.5) is 5.69 Å². The number of rotatable bonds is 2. The molecule has 92 valence electrons. The minimum Gasteiger partial charge on any atom is -0.387 e. The van der Waals surface area contributed by atoms with Crippen LogP contribution in [0.2, 0.25) is 0 Å². The molecule has 0 amide bonds. The van der Waals surface area contributed by atoms with Gasteiger partial charge in [0.25, 0.3) is 0 Å². The Morgan fingerprint density at radius 1 is 1.44 bits per heavy atom. The summed E-state index contributed by atoms with van der Waals surface area (Å²) < 4.78 is 1.78. The number of nitrogens with one attached hydrogen (secondary N) is 1. The highest BCUT2D eigenvalue weighted by Gasteiger charge is 2.21. The molecule has 0 radical (unpaired) electrons. The predicted molar refractivity (Wildman–Crippen MR) is 73.5 cm³/mol. The molecule has 3 rings (SSSR count). The minimum absolute atomic E-state index is 0.764. The zero-order chi connectivity index (χ0) is 12.7. The molecule has 1 N–H and O–H groups in total. The smallest absolute Gasteiger partial charge is 0.0959 e. The van der Waals surface area contributed by atoms with Crippen LogP contribution < -0.4 is 5.32 Å². The van der Waals surface area contributed by atoms with Crippen LogP contribution in [-0.4, -0.2) is 21.8 Å². The summed E-state index contributed by atoms with van der Waals surface area (Å²) in [5.41, 5.74) is 4.89. The number of aryl methyl sites for hydroxylation is 1. The number of hydrogen-bond donors (Lipinski definition) is 1. The first kappa shape index (κ1) is 11.3. The second-order valence-electron chi connectivity index (χ2n) is 4.25. The molecule has 0 atom stereocenters.